The second-order valence-electron chi connectivity index (χ2n) is 4.59. The lowest BCUT2D eigenvalue weighted by Gasteiger charge is -2.17. The lowest BCUT2D eigenvalue weighted by molar-refractivity contribution is 0.0803. The summed E-state index contributed by atoms with van der Waals surface area (Å²) in [4.78, 5) is 17.8. The Balaban J connectivity index is 2.90. The largest absolute Gasteiger partial charge is 0.341 e. The van der Waals surface area contributed by atoms with Crippen LogP contribution in [0.15, 0.2) is 12.1 Å². The molecule has 1 aromatic heterocycles. The molecule has 0 radical (unpaired) electrons. The summed E-state index contributed by atoms with van der Waals surface area (Å²) in [6.45, 7) is 2.07. The van der Waals surface area contributed by atoms with Crippen LogP contribution in [0.5, 0.6) is 0 Å². The van der Waals surface area contributed by atoms with Crippen molar-refractivity contribution in [2.24, 2.45) is 5.84 Å². The molecule has 112 valence electrons. The molecule has 0 aliphatic rings. The molecule has 7 nitrogen and oxygen atoms in total. The maximum Gasteiger partial charge on any atom is 0.253 e. The van der Waals surface area contributed by atoms with Gasteiger partial charge in [-0.3, -0.25) is 4.79 Å². The zero-order valence-corrected chi connectivity index (χ0v) is 12.7. The third-order valence-electron chi connectivity index (χ3n) is 2.78. The van der Waals surface area contributed by atoms with Crippen molar-refractivity contribution in [1.82, 2.24) is 9.88 Å². The fraction of sp³-hybridized carbons (Fsp3) is 0.500. The number of nitrogen functional groups attached to an aromatic ring is 1. The Morgan fingerprint density at radius 3 is 2.60 bits per heavy atom. The number of aromatic nitrogens is 1. The van der Waals surface area contributed by atoms with Gasteiger partial charge in [0.05, 0.1) is 5.75 Å². The Labute approximate surface area is 119 Å². The Kier molecular flexibility index (Phi) is 5.46. The first-order valence-corrected chi connectivity index (χ1v) is 8.23. The number of amides is 1. The van der Waals surface area contributed by atoms with E-state index < -0.39 is 9.84 Å². The average molecular weight is 300 g/mol. The van der Waals surface area contributed by atoms with Crippen molar-refractivity contribution < 1.29 is 13.2 Å². The summed E-state index contributed by atoms with van der Waals surface area (Å²) in [5.74, 6) is 5.40. The van der Waals surface area contributed by atoms with Crippen molar-refractivity contribution >= 4 is 21.6 Å². The van der Waals surface area contributed by atoms with Gasteiger partial charge in [-0.1, -0.05) is 6.92 Å². The van der Waals surface area contributed by atoms with Crippen LogP contribution in [0.2, 0.25) is 0 Å². The first kappa shape index (κ1) is 16.4. The number of anilines is 1. The molecule has 20 heavy (non-hydrogen) atoms. The molecular formula is C12H20N4O3S. The molecule has 0 saturated heterocycles. The lowest BCUT2D eigenvalue weighted by Crippen LogP contribution is -2.31. The third kappa shape index (κ3) is 4.78. The maximum atomic E-state index is 12.2. The molecule has 3 N–H and O–H groups in total. The van der Waals surface area contributed by atoms with Crippen molar-refractivity contribution in [2.75, 3.05) is 31.0 Å². The van der Waals surface area contributed by atoms with E-state index in [2.05, 4.69) is 10.4 Å². The van der Waals surface area contributed by atoms with Gasteiger partial charge in [-0.2, -0.15) is 0 Å². The van der Waals surface area contributed by atoms with E-state index in [-0.39, 0.29) is 18.2 Å². The fourth-order valence-corrected chi connectivity index (χ4v) is 2.20. The molecule has 8 heteroatoms. The molecule has 0 atom stereocenters. The zero-order chi connectivity index (χ0) is 15.3. The summed E-state index contributed by atoms with van der Waals surface area (Å²) in [6.07, 6.45) is 1.81. The molecule has 0 aliphatic heterocycles. The number of sulfone groups is 1. The van der Waals surface area contributed by atoms with Crippen LogP contribution in [-0.2, 0) is 16.3 Å². The van der Waals surface area contributed by atoms with Crippen LogP contribution in [0.25, 0.3) is 0 Å². The molecule has 0 saturated carbocycles. The molecule has 0 fully saturated rings. The van der Waals surface area contributed by atoms with Gasteiger partial charge < -0.3 is 10.3 Å². The molecular weight excluding hydrogens is 280 g/mol. The highest BCUT2D eigenvalue weighted by molar-refractivity contribution is 7.90. The Hall–Kier alpha value is -1.67. The average Bonchev–Trinajstić information content (AvgIpc) is 2.42. The summed E-state index contributed by atoms with van der Waals surface area (Å²) in [5.41, 5.74) is 3.58. The standard InChI is InChI=1S/C12H20N4O3S/c1-4-10-7-9(8-11(14-10)15-13)12(17)16(2)5-6-20(3,18)19/h7-8H,4-6,13H2,1-3H3,(H,14,15). The number of nitrogens with two attached hydrogens (primary N) is 1. The van der Waals surface area contributed by atoms with Crippen molar-refractivity contribution in [2.45, 2.75) is 13.3 Å². The van der Waals surface area contributed by atoms with Gasteiger partial charge in [-0.25, -0.2) is 19.2 Å². The zero-order valence-electron chi connectivity index (χ0n) is 11.9. The first-order chi connectivity index (χ1) is 9.26. The highest BCUT2D eigenvalue weighted by atomic mass is 32.2. The highest BCUT2D eigenvalue weighted by Crippen LogP contribution is 2.12. The van der Waals surface area contributed by atoms with Gasteiger partial charge in [0.15, 0.2) is 0 Å². The summed E-state index contributed by atoms with van der Waals surface area (Å²) >= 11 is 0. The van der Waals surface area contributed by atoms with Crippen molar-refractivity contribution in [1.29, 1.82) is 0 Å². The highest BCUT2D eigenvalue weighted by Gasteiger charge is 2.15. The Bertz CT molecular complexity index is 564. The quantitative estimate of drug-likeness (QED) is 0.568. The summed E-state index contributed by atoms with van der Waals surface area (Å²) in [5, 5.41) is 0. The maximum absolute atomic E-state index is 12.2. The third-order valence-corrected chi connectivity index (χ3v) is 3.70. The van der Waals surface area contributed by atoms with Crippen LogP contribution >= 0.6 is 0 Å². The van der Waals surface area contributed by atoms with Gasteiger partial charge in [0.1, 0.15) is 15.7 Å². The molecule has 0 aliphatic carbocycles. The summed E-state index contributed by atoms with van der Waals surface area (Å²) in [6, 6.07) is 3.22. The second kappa shape index (κ2) is 6.67. The molecule has 1 aromatic rings. The summed E-state index contributed by atoms with van der Waals surface area (Å²) < 4.78 is 22.2. The topological polar surface area (TPSA) is 105 Å². The predicted molar refractivity (Wildman–Crippen MR) is 78.1 cm³/mol. The van der Waals surface area contributed by atoms with E-state index in [1.165, 1.54) is 4.90 Å². The van der Waals surface area contributed by atoms with E-state index in [9.17, 15) is 13.2 Å². The van der Waals surface area contributed by atoms with E-state index in [1.807, 2.05) is 6.92 Å². The van der Waals surface area contributed by atoms with Gasteiger partial charge in [-0.15, -0.1) is 0 Å². The smallest absolute Gasteiger partial charge is 0.253 e. The number of pyridine rings is 1. The number of aryl methyl sites for hydroxylation is 1. The SMILES string of the molecule is CCc1cc(C(=O)N(C)CCS(C)(=O)=O)cc(NN)n1. The fourth-order valence-electron chi connectivity index (χ4n) is 1.59. The minimum Gasteiger partial charge on any atom is -0.341 e. The summed E-state index contributed by atoms with van der Waals surface area (Å²) in [7, 11) is -1.53. The molecule has 1 amide bonds. The van der Waals surface area contributed by atoms with Gasteiger partial charge >= 0.3 is 0 Å². The number of hydrogen-bond donors (Lipinski definition) is 2. The molecule has 0 bridgehead atoms. The van der Waals surface area contributed by atoms with Crippen LogP contribution < -0.4 is 11.3 Å². The van der Waals surface area contributed by atoms with Crippen LogP contribution in [-0.4, -0.2) is 49.8 Å². The predicted octanol–water partition coefficient (Wildman–Crippen LogP) is 0.0462. The number of rotatable bonds is 6. The number of hydrogen-bond acceptors (Lipinski definition) is 6. The van der Waals surface area contributed by atoms with Gasteiger partial charge in [0, 0.05) is 31.1 Å². The van der Waals surface area contributed by atoms with Gasteiger partial charge in [0.2, 0.25) is 0 Å². The van der Waals surface area contributed by atoms with Gasteiger partial charge in [-0.05, 0) is 18.6 Å². The molecule has 1 heterocycles. The van der Waals surface area contributed by atoms with E-state index in [4.69, 9.17) is 5.84 Å². The monoisotopic (exact) mass is 300 g/mol. The normalized spacial score (nSPS) is 11.2. The minimum absolute atomic E-state index is 0.0665. The molecule has 0 spiro atoms. The number of carbonyl (C=O) groups excluding carboxylic acids is 1. The van der Waals surface area contributed by atoms with Crippen molar-refractivity contribution in [3.05, 3.63) is 23.4 Å². The number of carbonyl (C=O) groups is 1. The van der Waals surface area contributed by atoms with Crippen molar-refractivity contribution in [3.8, 4) is 0 Å². The van der Waals surface area contributed by atoms with Crippen LogP contribution in [0, 0.1) is 0 Å². The molecule has 0 unspecified atom stereocenters. The second-order valence-corrected chi connectivity index (χ2v) is 6.85. The van der Waals surface area contributed by atoms with E-state index in [0.29, 0.717) is 17.8 Å². The molecule has 0 aromatic carbocycles. The van der Waals surface area contributed by atoms with E-state index >= 15 is 0 Å². The van der Waals surface area contributed by atoms with Gasteiger partial charge in [0.25, 0.3) is 5.91 Å². The van der Waals surface area contributed by atoms with Crippen LogP contribution in [0.4, 0.5) is 5.82 Å². The van der Waals surface area contributed by atoms with Crippen LogP contribution in [0.3, 0.4) is 0 Å². The van der Waals surface area contributed by atoms with Crippen molar-refractivity contribution in [3.63, 3.8) is 0 Å². The molecule has 1 rings (SSSR count). The number of hydrazine groups is 1. The van der Waals surface area contributed by atoms with E-state index in [0.717, 1.165) is 11.9 Å². The Morgan fingerprint density at radius 1 is 1.45 bits per heavy atom. The lowest BCUT2D eigenvalue weighted by atomic mass is 10.1. The first-order valence-electron chi connectivity index (χ1n) is 6.17. The van der Waals surface area contributed by atoms with Crippen LogP contribution in [0.1, 0.15) is 23.0 Å². The van der Waals surface area contributed by atoms with E-state index in [1.54, 1.807) is 19.2 Å². The minimum atomic E-state index is -3.10. The number of nitrogens with one attached hydrogen (secondary N) is 1. The Morgan fingerprint density at radius 2 is 2.10 bits per heavy atom. The number of nitrogens with zero attached hydrogens (tertiary/aromatic N) is 2.